The second-order valence-corrected chi connectivity index (χ2v) is 3.31. The van der Waals surface area contributed by atoms with Crippen LogP contribution < -0.4 is 9.47 Å². The summed E-state index contributed by atoms with van der Waals surface area (Å²) in [5.74, 6) is 0.463. The Kier molecular flexibility index (Phi) is 4.76. The lowest BCUT2D eigenvalue weighted by Gasteiger charge is -2.06. The second-order valence-electron chi connectivity index (χ2n) is 3.31. The number of hydrogen-bond donors (Lipinski definition) is 0. The van der Waals surface area contributed by atoms with Gasteiger partial charge in [-0.1, -0.05) is 0 Å². The zero-order valence-electron chi connectivity index (χ0n) is 10.4. The van der Waals surface area contributed by atoms with Crippen molar-refractivity contribution < 1.29 is 19.0 Å². The Morgan fingerprint density at radius 2 is 1.72 bits per heavy atom. The molecule has 0 saturated carbocycles. The van der Waals surface area contributed by atoms with Gasteiger partial charge in [0.15, 0.2) is 0 Å². The van der Waals surface area contributed by atoms with E-state index < -0.39 is 5.97 Å². The van der Waals surface area contributed by atoms with Gasteiger partial charge in [-0.15, -0.1) is 0 Å². The van der Waals surface area contributed by atoms with Gasteiger partial charge in [-0.2, -0.15) is 5.26 Å². The molecule has 0 atom stereocenters. The SMILES string of the molecule is COC(=O)/C(C#N)=C/c1cc(OC)cc(OC)c1. The fourth-order valence-corrected chi connectivity index (χ4v) is 1.33. The molecule has 0 aliphatic carbocycles. The number of methoxy groups -OCH3 is 3. The molecule has 5 nitrogen and oxygen atoms in total. The first-order valence-electron chi connectivity index (χ1n) is 5.07. The highest BCUT2D eigenvalue weighted by atomic mass is 16.5. The van der Waals surface area contributed by atoms with Crippen molar-refractivity contribution in [1.82, 2.24) is 0 Å². The van der Waals surface area contributed by atoms with Gasteiger partial charge in [0.2, 0.25) is 0 Å². The minimum absolute atomic E-state index is 0.0900. The van der Waals surface area contributed by atoms with E-state index >= 15 is 0 Å². The lowest BCUT2D eigenvalue weighted by atomic mass is 10.1. The van der Waals surface area contributed by atoms with Gasteiger partial charge >= 0.3 is 5.97 Å². The minimum atomic E-state index is -0.681. The second kappa shape index (κ2) is 6.30. The molecule has 0 fully saturated rings. The molecule has 0 radical (unpaired) electrons. The van der Waals surface area contributed by atoms with Gasteiger partial charge in [-0.3, -0.25) is 0 Å². The Hall–Kier alpha value is -2.48. The minimum Gasteiger partial charge on any atom is -0.497 e. The predicted molar refractivity (Wildman–Crippen MR) is 65.2 cm³/mol. The highest BCUT2D eigenvalue weighted by Crippen LogP contribution is 2.24. The van der Waals surface area contributed by atoms with E-state index in [0.717, 1.165) is 0 Å². The van der Waals surface area contributed by atoms with Crippen molar-refractivity contribution in [3.05, 3.63) is 29.3 Å². The van der Waals surface area contributed by atoms with E-state index in [1.807, 2.05) is 0 Å². The molecule has 0 heterocycles. The summed E-state index contributed by atoms with van der Waals surface area (Å²) in [4.78, 5) is 11.3. The van der Waals surface area contributed by atoms with Crippen LogP contribution in [-0.4, -0.2) is 27.3 Å². The lowest BCUT2D eigenvalue weighted by Crippen LogP contribution is -2.02. The number of nitrogens with zero attached hydrogens (tertiary/aromatic N) is 1. The Morgan fingerprint density at radius 1 is 1.17 bits per heavy atom. The summed E-state index contributed by atoms with van der Waals surface area (Å²) in [5, 5.41) is 8.86. The summed E-state index contributed by atoms with van der Waals surface area (Å²) in [6.45, 7) is 0. The maximum Gasteiger partial charge on any atom is 0.348 e. The van der Waals surface area contributed by atoms with Crippen molar-refractivity contribution in [2.75, 3.05) is 21.3 Å². The van der Waals surface area contributed by atoms with Crippen molar-refractivity contribution in [1.29, 1.82) is 5.26 Å². The van der Waals surface area contributed by atoms with Crippen molar-refractivity contribution in [2.45, 2.75) is 0 Å². The zero-order valence-corrected chi connectivity index (χ0v) is 10.4. The van der Waals surface area contributed by atoms with Crippen molar-refractivity contribution >= 4 is 12.0 Å². The van der Waals surface area contributed by atoms with Crippen LogP contribution in [0.25, 0.3) is 6.08 Å². The molecule has 18 heavy (non-hydrogen) atoms. The molecule has 5 heteroatoms. The fraction of sp³-hybridized carbons (Fsp3) is 0.231. The van der Waals surface area contributed by atoms with E-state index in [9.17, 15) is 4.79 Å². The third-order valence-corrected chi connectivity index (χ3v) is 2.21. The van der Waals surface area contributed by atoms with Gasteiger partial charge in [0.25, 0.3) is 0 Å². The Bertz CT molecular complexity index is 492. The number of rotatable bonds is 4. The predicted octanol–water partition coefficient (Wildman–Crippen LogP) is 1.78. The quantitative estimate of drug-likeness (QED) is 0.461. The molecule has 0 N–H and O–H groups in total. The van der Waals surface area contributed by atoms with Crippen molar-refractivity contribution in [3.63, 3.8) is 0 Å². The van der Waals surface area contributed by atoms with Crippen LogP contribution in [0.1, 0.15) is 5.56 Å². The van der Waals surface area contributed by atoms with Gasteiger partial charge < -0.3 is 14.2 Å². The van der Waals surface area contributed by atoms with Gasteiger partial charge in [0, 0.05) is 6.07 Å². The molecule has 0 bridgehead atoms. The zero-order chi connectivity index (χ0) is 13.5. The van der Waals surface area contributed by atoms with Gasteiger partial charge in [-0.25, -0.2) is 4.79 Å². The average Bonchev–Trinajstić information content (AvgIpc) is 2.43. The number of carbonyl (C=O) groups excluding carboxylic acids is 1. The van der Waals surface area contributed by atoms with Crippen LogP contribution in [0.5, 0.6) is 11.5 Å². The normalized spacial score (nSPS) is 10.4. The summed E-state index contributed by atoms with van der Waals surface area (Å²) in [5.41, 5.74) is 0.529. The standard InChI is InChI=1S/C13H13NO4/c1-16-11-5-9(6-12(7-11)17-2)4-10(8-14)13(15)18-3/h4-7H,1-3H3/b10-4+. The number of hydrogen-bond acceptors (Lipinski definition) is 5. The lowest BCUT2D eigenvalue weighted by molar-refractivity contribution is -0.135. The maximum absolute atomic E-state index is 11.3. The Morgan fingerprint density at radius 3 is 2.11 bits per heavy atom. The third-order valence-electron chi connectivity index (χ3n) is 2.21. The van der Waals surface area contributed by atoms with E-state index in [0.29, 0.717) is 17.1 Å². The fourth-order valence-electron chi connectivity index (χ4n) is 1.33. The van der Waals surface area contributed by atoms with Crippen LogP contribution >= 0.6 is 0 Å². The molecule has 0 unspecified atom stereocenters. The van der Waals surface area contributed by atoms with E-state index in [4.69, 9.17) is 14.7 Å². The van der Waals surface area contributed by atoms with Crippen LogP contribution in [0, 0.1) is 11.3 Å². The van der Waals surface area contributed by atoms with Crippen molar-refractivity contribution in [3.8, 4) is 17.6 Å². The number of esters is 1. The molecule has 0 aliphatic heterocycles. The summed E-state index contributed by atoms with van der Waals surface area (Å²) >= 11 is 0. The molecule has 1 aromatic carbocycles. The van der Waals surface area contributed by atoms with Crippen LogP contribution in [0.3, 0.4) is 0 Å². The summed E-state index contributed by atoms with van der Waals surface area (Å²) < 4.78 is 14.7. The van der Waals surface area contributed by atoms with Gasteiger partial charge in [0.05, 0.1) is 21.3 Å². The third kappa shape index (κ3) is 3.25. The molecule has 0 saturated heterocycles. The smallest absolute Gasteiger partial charge is 0.348 e. The first-order valence-corrected chi connectivity index (χ1v) is 5.07. The summed E-state index contributed by atoms with van der Waals surface area (Å²) in [6, 6.07) is 6.84. The molecule has 0 aromatic heterocycles. The molecule has 0 spiro atoms. The van der Waals surface area contributed by atoms with Crippen LogP contribution in [0.4, 0.5) is 0 Å². The molecule has 94 valence electrons. The molecular formula is C13H13NO4. The van der Waals surface area contributed by atoms with Crippen molar-refractivity contribution in [2.24, 2.45) is 0 Å². The highest BCUT2D eigenvalue weighted by Gasteiger charge is 2.09. The summed E-state index contributed by atoms with van der Waals surface area (Å²) in [6.07, 6.45) is 1.41. The van der Waals surface area contributed by atoms with Gasteiger partial charge in [-0.05, 0) is 23.8 Å². The number of benzene rings is 1. The van der Waals surface area contributed by atoms with E-state index in [-0.39, 0.29) is 5.57 Å². The van der Waals surface area contributed by atoms with Crippen LogP contribution in [-0.2, 0) is 9.53 Å². The van der Waals surface area contributed by atoms with E-state index in [1.165, 1.54) is 27.4 Å². The Balaban J connectivity index is 3.20. The average molecular weight is 247 g/mol. The highest BCUT2D eigenvalue weighted by molar-refractivity contribution is 5.97. The Labute approximate surface area is 105 Å². The van der Waals surface area contributed by atoms with Crippen LogP contribution in [0.2, 0.25) is 0 Å². The topological polar surface area (TPSA) is 68.6 Å². The maximum atomic E-state index is 11.3. The van der Waals surface area contributed by atoms with Gasteiger partial charge in [0.1, 0.15) is 23.1 Å². The number of ether oxygens (including phenoxy) is 3. The summed E-state index contributed by atoms with van der Waals surface area (Å²) in [7, 11) is 4.27. The van der Waals surface area contributed by atoms with Crippen LogP contribution in [0.15, 0.2) is 23.8 Å². The van der Waals surface area contributed by atoms with E-state index in [2.05, 4.69) is 4.74 Å². The molecule has 1 aromatic rings. The monoisotopic (exact) mass is 247 g/mol. The number of carbonyl (C=O) groups is 1. The molecule has 0 aliphatic rings. The molecular weight excluding hydrogens is 234 g/mol. The number of nitriles is 1. The molecule has 1 rings (SSSR count). The molecule has 0 amide bonds. The first kappa shape index (κ1) is 13.6. The first-order chi connectivity index (χ1) is 8.64. The van der Waals surface area contributed by atoms with E-state index in [1.54, 1.807) is 24.3 Å². The largest absolute Gasteiger partial charge is 0.497 e.